The van der Waals surface area contributed by atoms with Gasteiger partial charge in [-0.1, -0.05) is 24.3 Å². The topological polar surface area (TPSA) is 104 Å². The molecule has 9 heteroatoms. The summed E-state index contributed by atoms with van der Waals surface area (Å²) in [6.07, 6.45) is 0.688. The Balaban J connectivity index is 1.73. The molecule has 4 N–H and O–H groups in total. The average molecular weight is 451 g/mol. The predicted molar refractivity (Wildman–Crippen MR) is 132 cm³/mol. The van der Waals surface area contributed by atoms with E-state index in [0.717, 1.165) is 22.6 Å². The second-order valence-electron chi connectivity index (χ2n) is 7.03. The maximum absolute atomic E-state index is 9.45. The van der Waals surface area contributed by atoms with Gasteiger partial charge < -0.3 is 20.5 Å². The number of anilines is 2. The number of thiocarbonyl (C=S) groups is 1. The van der Waals surface area contributed by atoms with Gasteiger partial charge in [0.25, 0.3) is 0 Å². The fourth-order valence-corrected chi connectivity index (χ4v) is 3.17. The smallest absolute Gasteiger partial charge is 0.229 e. The van der Waals surface area contributed by atoms with Crippen LogP contribution in [-0.4, -0.2) is 39.8 Å². The molecule has 166 valence electrons. The van der Waals surface area contributed by atoms with Crippen LogP contribution in [0.4, 0.5) is 11.6 Å². The third-order valence-electron chi connectivity index (χ3n) is 4.41. The molecule has 0 bridgehead atoms. The van der Waals surface area contributed by atoms with Crippen LogP contribution in [0.15, 0.2) is 59.6 Å². The van der Waals surface area contributed by atoms with Crippen LogP contribution in [0, 0.1) is 13.8 Å². The molecule has 0 aliphatic carbocycles. The van der Waals surface area contributed by atoms with Crippen LogP contribution < -0.4 is 20.7 Å². The quantitative estimate of drug-likeness (QED) is 0.255. The van der Waals surface area contributed by atoms with Crippen LogP contribution in [0.25, 0.3) is 0 Å². The lowest BCUT2D eigenvalue weighted by atomic mass is 10.1. The summed E-state index contributed by atoms with van der Waals surface area (Å²) in [4.78, 5) is 13.4. The Labute approximate surface area is 192 Å². The van der Waals surface area contributed by atoms with Gasteiger partial charge in [-0.2, -0.15) is 0 Å². The SMILES string of the molecule is COc1ccccc1NC(=S)NC(=NCCc1ccc(O)cc1)Nc1nc(C)cc(C)n1. The third-order valence-corrected chi connectivity index (χ3v) is 4.61. The van der Waals surface area contributed by atoms with Crippen LogP contribution in [0.3, 0.4) is 0 Å². The second-order valence-corrected chi connectivity index (χ2v) is 7.43. The highest BCUT2D eigenvalue weighted by atomic mass is 32.1. The van der Waals surface area contributed by atoms with Crippen molar-refractivity contribution in [3.63, 3.8) is 0 Å². The van der Waals surface area contributed by atoms with Crippen molar-refractivity contribution < 1.29 is 9.84 Å². The first-order chi connectivity index (χ1) is 15.4. The number of rotatable bonds is 6. The van der Waals surface area contributed by atoms with Crippen LogP contribution in [-0.2, 0) is 6.42 Å². The minimum absolute atomic E-state index is 0.237. The van der Waals surface area contributed by atoms with E-state index in [9.17, 15) is 5.11 Å². The number of ether oxygens (including phenoxy) is 1. The molecule has 1 heterocycles. The Kier molecular flexibility index (Phi) is 7.93. The van der Waals surface area contributed by atoms with E-state index in [1.807, 2.05) is 56.3 Å². The molecule has 1 aromatic heterocycles. The molecule has 3 aromatic rings. The molecule has 0 unspecified atom stereocenters. The number of aromatic nitrogens is 2. The van der Waals surface area contributed by atoms with Crippen LogP contribution in [0.5, 0.6) is 11.5 Å². The first-order valence-corrected chi connectivity index (χ1v) is 10.5. The highest BCUT2D eigenvalue weighted by Gasteiger charge is 2.09. The van der Waals surface area contributed by atoms with Gasteiger partial charge in [-0.3, -0.25) is 10.3 Å². The Morgan fingerprint density at radius 1 is 1.03 bits per heavy atom. The molecule has 0 aliphatic rings. The summed E-state index contributed by atoms with van der Waals surface area (Å²) >= 11 is 5.48. The highest BCUT2D eigenvalue weighted by Crippen LogP contribution is 2.22. The second kappa shape index (κ2) is 11.1. The molecule has 0 radical (unpaired) electrons. The summed E-state index contributed by atoms with van der Waals surface area (Å²) in [6.45, 7) is 4.30. The number of phenols is 1. The summed E-state index contributed by atoms with van der Waals surface area (Å²) in [5.41, 5.74) is 3.48. The number of nitrogens with zero attached hydrogens (tertiary/aromatic N) is 3. The number of nitrogens with one attached hydrogen (secondary N) is 3. The van der Waals surface area contributed by atoms with Gasteiger partial charge in [0.1, 0.15) is 11.5 Å². The zero-order chi connectivity index (χ0) is 22.9. The van der Waals surface area contributed by atoms with Gasteiger partial charge in [-0.25, -0.2) is 9.97 Å². The van der Waals surface area contributed by atoms with Crippen molar-refractivity contribution in [2.24, 2.45) is 4.99 Å². The molecule has 0 fully saturated rings. The zero-order valence-electron chi connectivity index (χ0n) is 18.2. The maximum atomic E-state index is 9.45. The maximum Gasteiger partial charge on any atom is 0.229 e. The van der Waals surface area contributed by atoms with Gasteiger partial charge in [0.05, 0.1) is 12.8 Å². The van der Waals surface area contributed by atoms with Crippen molar-refractivity contribution in [2.75, 3.05) is 24.3 Å². The molecular weight excluding hydrogens is 424 g/mol. The van der Waals surface area contributed by atoms with E-state index in [0.29, 0.717) is 35.7 Å². The van der Waals surface area contributed by atoms with E-state index in [4.69, 9.17) is 17.0 Å². The highest BCUT2D eigenvalue weighted by molar-refractivity contribution is 7.80. The molecule has 0 spiro atoms. The molecule has 32 heavy (non-hydrogen) atoms. The van der Waals surface area contributed by atoms with Gasteiger partial charge in [0.15, 0.2) is 5.11 Å². The number of hydrogen-bond donors (Lipinski definition) is 4. The van der Waals surface area contributed by atoms with Gasteiger partial charge in [0, 0.05) is 17.9 Å². The predicted octanol–water partition coefficient (Wildman–Crippen LogP) is 3.80. The number of phenolic OH excluding ortho intramolecular Hbond substituents is 1. The summed E-state index contributed by atoms with van der Waals surface area (Å²) in [6, 6.07) is 16.4. The van der Waals surface area contributed by atoms with Crippen molar-refractivity contribution in [3.05, 3.63) is 71.5 Å². The lowest BCUT2D eigenvalue weighted by Gasteiger charge is -2.15. The number of hydrogen-bond acceptors (Lipinski definition) is 6. The molecule has 8 nitrogen and oxygen atoms in total. The molecule has 2 aromatic carbocycles. The number of aromatic hydroxyl groups is 1. The van der Waals surface area contributed by atoms with Crippen LogP contribution >= 0.6 is 12.2 Å². The molecule has 0 saturated carbocycles. The lowest BCUT2D eigenvalue weighted by Crippen LogP contribution is -2.39. The Bertz CT molecular complexity index is 1080. The summed E-state index contributed by atoms with van der Waals surface area (Å²) in [7, 11) is 1.60. The van der Waals surface area contributed by atoms with E-state index in [-0.39, 0.29) is 5.75 Å². The van der Waals surface area contributed by atoms with E-state index in [1.54, 1.807) is 19.2 Å². The summed E-state index contributed by atoms with van der Waals surface area (Å²) in [5, 5.41) is 19.1. The minimum atomic E-state index is 0.237. The fraction of sp³-hybridized carbons (Fsp3) is 0.217. The van der Waals surface area contributed by atoms with E-state index in [2.05, 4.69) is 30.9 Å². The number of guanidine groups is 1. The van der Waals surface area contributed by atoms with Gasteiger partial charge in [-0.05, 0) is 68.4 Å². The van der Waals surface area contributed by atoms with Gasteiger partial charge in [0.2, 0.25) is 11.9 Å². The zero-order valence-corrected chi connectivity index (χ0v) is 19.0. The standard InChI is InChI=1S/C23H26N6O2S/c1-15-14-16(2)26-22(25-15)28-21(24-13-12-17-8-10-18(30)11-9-17)29-23(32)27-19-6-4-5-7-20(19)31-3/h4-11,14,30H,12-13H2,1-3H3,(H3,24,25,26,27,28,29,32). The number of aryl methyl sites for hydroxylation is 2. The first-order valence-electron chi connectivity index (χ1n) is 10.1. The molecule has 3 rings (SSSR count). The number of benzene rings is 2. The van der Waals surface area contributed by atoms with Crippen molar-refractivity contribution in [1.82, 2.24) is 15.3 Å². The Morgan fingerprint density at radius 2 is 1.72 bits per heavy atom. The van der Waals surface area contributed by atoms with E-state index in [1.165, 1.54) is 0 Å². The fourth-order valence-electron chi connectivity index (χ4n) is 2.97. The lowest BCUT2D eigenvalue weighted by molar-refractivity contribution is 0.417. The number of aliphatic imine (C=N–C) groups is 1. The third kappa shape index (κ3) is 6.92. The Morgan fingerprint density at radius 3 is 2.41 bits per heavy atom. The van der Waals surface area contributed by atoms with Gasteiger partial charge >= 0.3 is 0 Å². The molecule has 0 saturated heterocycles. The first kappa shape index (κ1) is 23.0. The van der Waals surface area contributed by atoms with E-state index < -0.39 is 0 Å². The van der Waals surface area contributed by atoms with Crippen molar-refractivity contribution >= 4 is 34.9 Å². The average Bonchev–Trinajstić information content (AvgIpc) is 2.74. The monoisotopic (exact) mass is 450 g/mol. The van der Waals surface area contributed by atoms with E-state index >= 15 is 0 Å². The molecule has 0 amide bonds. The normalized spacial score (nSPS) is 11.0. The van der Waals surface area contributed by atoms with Crippen LogP contribution in [0.2, 0.25) is 0 Å². The van der Waals surface area contributed by atoms with Crippen LogP contribution in [0.1, 0.15) is 17.0 Å². The summed E-state index contributed by atoms with van der Waals surface area (Å²) < 4.78 is 5.36. The largest absolute Gasteiger partial charge is 0.508 e. The minimum Gasteiger partial charge on any atom is -0.508 e. The molecular formula is C23H26N6O2S. The number of methoxy groups -OCH3 is 1. The Hall–Kier alpha value is -3.72. The van der Waals surface area contributed by atoms with Crippen molar-refractivity contribution in [3.8, 4) is 11.5 Å². The van der Waals surface area contributed by atoms with Crippen molar-refractivity contribution in [1.29, 1.82) is 0 Å². The van der Waals surface area contributed by atoms with Gasteiger partial charge in [-0.15, -0.1) is 0 Å². The number of para-hydroxylation sites is 2. The summed E-state index contributed by atoms with van der Waals surface area (Å²) in [5.74, 6) is 1.76. The molecule has 0 aliphatic heterocycles. The molecule has 0 atom stereocenters. The van der Waals surface area contributed by atoms with Crippen molar-refractivity contribution in [2.45, 2.75) is 20.3 Å².